The van der Waals surface area contributed by atoms with Gasteiger partial charge >= 0.3 is 0 Å². The molecule has 0 N–H and O–H groups in total. The third kappa shape index (κ3) is 4.64. The van der Waals surface area contributed by atoms with Gasteiger partial charge in [0.2, 0.25) is 0 Å². The Morgan fingerprint density at radius 1 is 1.00 bits per heavy atom. The lowest BCUT2D eigenvalue weighted by Gasteiger charge is -2.44. The second kappa shape index (κ2) is 8.37. The van der Waals surface area contributed by atoms with Crippen molar-refractivity contribution in [3.8, 4) is 5.75 Å². The Labute approximate surface area is 156 Å². The highest BCUT2D eigenvalue weighted by atomic mass is 16.5. The summed E-state index contributed by atoms with van der Waals surface area (Å²) in [6.07, 6.45) is 0. The van der Waals surface area contributed by atoms with Crippen molar-refractivity contribution in [3.63, 3.8) is 0 Å². The Kier molecular flexibility index (Phi) is 5.94. The van der Waals surface area contributed by atoms with Crippen molar-refractivity contribution in [1.82, 2.24) is 9.80 Å². The standard InChI is InChI=1S/C22H28N2O2/c1-17-9-11-21(12-10-17)26-16-22(25)23-13-18(2)24(19(3)14-23)15-20-7-5-4-6-8-20/h4-12,18-19H,13-16H2,1-3H3. The van der Waals surface area contributed by atoms with Gasteiger partial charge in [-0.1, -0.05) is 48.0 Å². The van der Waals surface area contributed by atoms with Crippen LogP contribution in [-0.2, 0) is 11.3 Å². The highest BCUT2D eigenvalue weighted by Gasteiger charge is 2.31. The van der Waals surface area contributed by atoms with Crippen molar-refractivity contribution in [2.45, 2.75) is 39.4 Å². The van der Waals surface area contributed by atoms with Crippen LogP contribution in [0.4, 0.5) is 0 Å². The third-order valence-electron chi connectivity index (χ3n) is 5.05. The molecule has 2 unspecified atom stereocenters. The van der Waals surface area contributed by atoms with E-state index in [-0.39, 0.29) is 12.5 Å². The van der Waals surface area contributed by atoms with Gasteiger partial charge < -0.3 is 9.64 Å². The highest BCUT2D eigenvalue weighted by molar-refractivity contribution is 5.78. The summed E-state index contributed by atoms with van der Waals surface area (Å²) in [5.74, 6) is 0.802. The second-order valence-corrected chi connectivity index (χ2v) is 7.26. The monoisotopic (exact) mass is 352 g/mol. The van der Waals surface area contributed by atoms with E-state index in [0.29, 0.717) is 12.1 Å². The fourth-order valence-corrected chi connectivity index (χ4v) is 3.54. The number of benzene rings is 2. The van der Waals surface area contributed by atoms with E-state index in [9.17, 15) is 4.79 Å². The summed E-state index contributed by atoms with van der Waals surface area (Å²) in [5, 5.41) is 0. The lowest BCUT2D eigenvalue weighted by atomic mass is 10.1. The predicted molar refractivity (Wildman–Crippen MR) is 104 cm³/mol. The molecule has 0 saturated carbocycles. The minimum Gasteiger partial charge on any atom is -0.484 e. The van der Waals surface area contributed by atoms with Gasteiger partial charge in [0.25, 0.3) is 5.91 Å². The maximum absolute atomic E-state index is 12.6. The van der Waals surface area contributed by atoms with E-state index < -0.39 is 0 Å². The fraction of sp³-hybridized carbons (Fsp3) is 0.409. The van der Waals surface area contributed by atoms with Crippen molar-refractivity contribution in [2.24, 2.45) is 0 Å². The van der Waals surface area contributed by atoms with Crippen LogP contribution in [0, 0.1) is 6.92 Å². The number of aryl methyl sites for hydroxylation is 1. The first-order valence-corrected chi connectivity index (χ1v) is 9.30. The first-order valence-electron chi connectivity index (χ1n) is 9.30. The predicted octanol–water partition coefficient (Wildman–Crippen LogP) is 3.50. The van der Waals surface area contributed by atoms with E-state index in [4.69, 9.17) is 4.74 Å². The number of rotatable bonds is 5. The van der Waals surface area contributed by atoms with Gasteiger partial charge in [-0.3, -0.25) is 9.69 Å². The van der Waals surface area contributed by atoms with E-state index in [0.717, 1.165) is 25.4 Å². The lowest BCUT2D eigenvalue weighted by molar-refractivity contribution is -0.137. The SMILES string of the molecule is Cc1ccc(OCC(=O)N2CC(C)N(Cc3ccccc3)C(C)C2)cc1. The average molecular weight is 352 g/mol. The first kappa shape index (κ1) is 18.5. The van der Waals surface area contributed by atoms with Crippen molar-refractivity contribution in [1.29, 1.82) is 0 Å². The average Bonchev–Trinajstić information content (AvgIpc) is 2.64. The number of piperazine rings is 1. The minimum absolute atomic E-state index is 0.0589. The molecule has 26 heavy (non-hydrogen) atoms. The van der Waals surface area contributed by atoms with Crippen LogP contribution >= 0.6 is 0 Å². The molecular weight excluding hydrogens is 324 g/mol. The topological polar surface area (TPSA) is 32.8 Å². The molecule has 4 heteroatoms. The van der Waals surface area contributed by atoms with Gasteiger partial charge in [-0.15, -0.1) is 0 Å². The fourth-order valence-electron chi connectivity index (χ4n) is 3.54. The molecule has 4 nitrogen and oxygen atoms in total. The molecule has 0 aliphatic carbocycles. The Balaban J connectivity index is 1.54. The second-order valence-electron chi connectivity index (χ2n) is 7.26. The van der Waals surface area contributed by atoms with Crippen LogP contribution in [0.1, 0.15) is 25.0 Å². The Morgan fingerprint density at radius 3 is 2.23 bits per heavy atom. The summed E-state index contributed by atoms with van der Waals surface area (Å²) in [5.41, 5.74) is 2.49. The number of hydrogen-bond donors (Lipinski definition) is 0. The summed E-state index contributed by atoms with van der Waals surface area (Å²) >= 11 is 0. The molecule has 0 bridgehead atoms. The largest absolute Gasteiger partial charge is 0.484 e. The Morgan fingerprint density at radius 2 is 1.62 bits per heavy atom. The van der Waals surface area contributed by atoms with Gasteiger partial charge in [-0.05, 0) is 38.5 Å². The molecule has 2 atom stereocenters. The van der Waals surface area contributed by atoms with Crippen LogP contribution in [0.3, 0.4) is 0 Å². The summed E-state index contributed by atoms with van der Waals surface area (Å²) in [7, 11) is 0. The highest BCUT2D eigenvalue weighted by Crippen LogP contribution is 2.19. The molecule has 2 aromatic rings. The summed E-state index contributed by atoms with van der Waals surface area (Å²) in [6.45, 7) is 8.93. The van der Waals surface area contributed by atoms with Gasteiger partial charge in [0.15, 0.2) is 6.61 Å². The number of hydrogen-bond acceptors (Lipinski definition) is 3. The normalized spacial score (nSPS) is 20.8. The number of amides is 1. The van der Waals surface area contributed by atoms with Crippen LogP contribution in [0.2, 0.25) is 0 Å². The molecule has 0 spiro atoms. The summed E-state index contributed by atoms with van der Waals surface area (Å²) in [6, 6.07) is 19.0. The maximum Gasteiger partial charge on any atom is 0.260 e. The zero-order valence-corrected chi connectivity index (χ0v) is 15.9. The molecule has 2 aromatic carbocycles. The minimum atomic E-state index is 0.0589. The van der Waals surface area contributed by atoms with Crippen LogP contribution in [0.15, 0.2) is 54.6 Å². The molecule has 3 rings (SSSR count). The number of carbonyl (C=O) groups is 1. The Hall–Kier alpha value is -2.33. The van der Waals surface area contributed by atoms with Crippen LogP contribution in [0.25, 0.3) is 0 Å². The van der Waals surface area contributed by atoms with E-state index in [1.165, 1.54) is 11.1 Å². The molecule has 1 amide bonds. The van der Waals surface area contributed by atoms with Crippen molar-refractivity contribution < 1.29 is 9.53 Å². The number of carbonyl (C=O) groups excluding carboxylic acids is 1. The van der Waals surface area contributed by atoms with Gasteiger partial charge in [0.1, 0.15) is 5.75 Å². The third-order valence-corrected chi connectivity index (χ3v) is 5.05. The van der Waals surface area contributed by atoms with E-state index >= 15 is 0 Å². The molecular formula is C22H28N2O2. The van der Waals surface area contributed by atoms with Gasteiger partial charge in [-0.2, -0.15) is 0 Å². The smallest absolute Gasteiger partial charge is 0.260 e. The molecule has 0 aromatic heterocycles. The molecule has 1 saturated heterocycles. The van der Waals surface area contributed by atoms with Crippen molar-refractivity contribution >= 4 is 5.91 Å². The molecule has 138 valence electrons. The maximum atomic E-state index is 12.6. The van der Waals surface area contributed by atoms with E-state index in [2.05, 4.69) is 43.0 Å². The Bertz CT molecular complexity index is 703. The van der Waals surface area contributed by atoms with Crippen LogP contribution in [-0.4, -0.2) is 47.5 Å². The molecule has 1 fully saturated rings. The first-order chi connectivity index (χ1) is 12.5. The molecule has 1 heterocycles. The number of ether oxygens (including phenoxy) is 1. The van der Waals surface area contributed by atoms with Crippen molar-refractivity contribution in [2.75, 3.05) is 19.7 Å². The van der Waals surface area contributed by atoms with E-state index in [1.807, 2.05) is 42.2 Å². The van der Waals surface area contributed by atoms with E-state index in [1.54, 1.807) is 0 Å². The quantitative estimate of drug-likeness (QED) is 0.826. The van der Waals surface area contributed by atoms with Gasteiger partial charge in [-0.25, -0.2) is 0 Å². The van der Waals surface area contributed by atoms with Crippen molar-refractivity contribution in [3.05, 3.63) is 65.7 Å². The van der Waals surface area contributed by atoms with Gasteiger partial charge in [0.05, 0.1) is 0 Å². The van der Waals surface area contributed by atoms with Crippen LogP contribution in [0.5, 0.6) is 5.75 Å². The van der Waals surface area contributed by atoms with Crippen LogP contribution < -0.4 is 4.74 Å². The zero-order chi connectivity index (χ0) is 18.5. The van der Waals surface area contributed by atoms with Gasteiger partial charge in [0, 0.05) is 31.7 Å². The molecule has 1 aliphatic rings. The lowest BCUT2D eigenvalue weighted by Crippen LogP contribution is -2.58. The molecule has 0 radical (unpaired) electrons. The summed E-state index contributed by atoms with van der Waals surface area (Å²) < 4.78 is 5.66. The zero-order valence-electron chi connectivity index (χ0n) is 15.9. The number of nitrogens with zero attached hydrogens (tertiary/aromatic N) is 2. The molecule has 1 aliphatic heterocycles. The summed E-state index contributed by atoms with van der Waals surface area (Å²) in [4.78, 5) is 17.0.